The second-order valence-electron chi connectivity index (χ2n) is 6.60. The maximum Gasteiger partial charge on any atom is 0.0722 e. The van der Waals surface area contributed by atoms with Gasteiger partial charge in [0.2, 0.25) is 0 Å². The Labute approximate surface area is 125 Å². The summed E-state index contributed by atoms with van der Waals surface area (Å²) < 4.78 is 6.61. The van der Waals surface area contributed by atoms with Crippen LogP contribution in [0.25, 0.3) is 0 Å². The van der Waals surface area contributed by atoms with Crippen molar-refractivity contribution in [3.8, 4) is 0 Å². The van der Waals surface area contributed by atoms with Gasteiger partial charge in [0.05, 0.1) is 12.7 Å². The molecule has 1 aromatic rings. The number of aromatic nitrogens is 1. The summed E-state index contributed by atoms with van der Waals surface area (Å²) in [5, 5.41) is 0. The summed E-state index contributed by atoms with van der Waals surface area (Å²) in [6.45, 7) is 4.67. The Balaban J connectivity index is 1.22. The van der Waals surface area contributed by atoms with Crippen molar-refractivity contribution in [2.75, 3.05) is 25.4 Å². The van der Waals surface area contributed by atoms with Crippen molar-refractivity contribution in [3.05, 3.63) is 30.1 Å². The van der Waals surface area contributed by atoms with Crippen LogP contribution in [0.4, 0.5) is 0 Å². The third-order valence-electron chi connectivity index (χ3n) is 4.65. The molecule has 4 heteroatoms. The van der Waals surface area contributed by atoms with Crippen LogP contribution in [0.3, 0.4) is 0 Å². The Kier molecular flexibility index (Phi) is 3.49. The Morgan fingerprint density at radius 3 is 2.85 bits per heavy atom. The fourth-order valence-corrected chi connectivity index (χ4v) is 4.99. The zero-order chi connectivity index (χ0) is 13.4. The topological polar surface area (TPSA) is 25.4 Å². The van der Waals surface area contributed by atoms with E-state index in [0.29, 0.717) is 10.9 Å². The molecule has 3 fully saturated rings. The molecule has 3 nitrogen and oxygen atoms in total. The Hall–Kier alpha value is -0.580. The highest BCUT2D eigenvalue weighted by Crippen LogP contribution is 2.47. The first-order valence-corrected chi connectivity index (χ1v) is 8.67. The minimum absolute atomic E-state index is 0.441. The molecule has 2 saturated heterocycles. The van der Waals surface area contributed by atoms with E-state index < -0.39 is 0 Å². The molecule has 108 valence electrons. The van der Waals surface area contributed by atoms with Gasteiger partial charge in [-0.25, -0.2) is 0 Å². The van der Waals surface area contributed by atoms with Crippen molar-refractivity contribution in [1.29, 1.82) is 0 Å². The van der Waals surface area contributed by atoms with E-state index in [1.54, 1.807) is 0 Å². The molecule has 0 bridgehead atoms. The minimum Gasteiger partial charge on any atom is -0.373 e. The van der Waals surface area contributed by atoms with Crippen molar-refractivity contribution < 1.29 is 4.74 Å². The highest BCUT2D eigenvalue weighted by Gasteiger charge is 2.49. The third-order valence-corrected chi connectivity index (χ3v) is 6.22. The lowest BCUT2D eigenvalue weighted by Gasteiger charge is -2.47. The smallest absolute Gasteiger partial charge is 0.0722 e. The largest absolute Gasteiger partial charge is 0.373 e. The number of likely N-dealkylation sites (tertiary alicyclic amines) is 1. The molecule has 1 unspecified atom stereocenters. The van der Waals surface area contributed by atoms with E-state index in [9.17, 15) is 0 Å². The van der Waals surface area contributed by atoms with Crippen molar-refractivity contribution in [3.63, 3.8) is 0 Å². The van der Waals surface area contributed by atoms with Gasteiger partial charge in [-0.05, 0) is 42.9 Å². The number of ether oxygens (including phenoxy) is 1. The van der Waals surface area contributed by atoms with E-state index in [-0.39, 0.29) is 0 Å². The van der Waals surface area contributed by atoms with Gasteiger partial charge in [0.15, 0.2) is 0 Å². The molecule has 20 heavy (non-hydrogen) atoms. The highest BCUT2D eigenvalue weighted by molar-refractivity contribution is 8.01. The fourth-order valence-electron chi connectivity index (χ4n) is 3.39. The first-order valence-electron chi connectivity index (χ1n) is 7.68. The van der Waals surface area contributed by atoms with Gasteiger partial charge in [0.25, 0.3) is 0 Å². The number of thioether (sulfide) groups is 1. The first kappa shape index (κ1) is 13.1. The summed E-state index contributed by atoms with van der Waals surface area (Å²) in [5.74, 6) is 2.19. The fraction of sp³-hybridized carbons (Fsp3) is 0.688. The minimum atomic E-state index is 0.441. The maximum atomic E-state index is 6.08. The molecule has 0 N–H and O–H groups in total. The molecular formula is C16H22N2OS. The van der Waals surface area contributed by atoms with Crippen LogP contribution in [0.5, 0.6) is 0 Å². The second kappa shape index (κ2) is 5.32. The number of rotatable bonds is 5. The van der Waals surface area contributed by atoms with Crippen LogP contribution in [0.1, 0.15) is 24.8 Å². The van der Waals surface area contributed by atoms with Gasteiger partial charge in [-0.1, -0.05) is 0 Å². The first-order chi connectivity index (χ1) is 9.81. The molecule has 1 spiro atoms. The third kappa shape index (κ3) is 2.87. The molecule has 0 amide bonds. The van der Waals surface area contributed by atoms with E-state index in [1.807, 2.05) is 24.5 Å². The van der Waals surface area contributed by atoms with Gasteiger partial charge in [0, 0.05) is 42.5 Å². The lowest BCUT2D eigenvalue weighted by Crippen LogP contribution is -2.59. The Bertz CT molecular complexity index is 457. The van der Waals surface area contributed by atoms with Crippen LogP contribution in [-0.4, -0.2) is 46.1 Å². The molecule has 3 aliphatic rings. The predicted molar refractivity (Wildman–Crippen MR) is 81.8 cm³/mol. The molecule has 1 aromatic heterocycles. The molecule has 1 saturated carbocycles. The summed E-state index contributed by atoms with van der Waals surface area (Å²) in [7, 11) is 0. The van der Waals surface area contributed by atoms with Crippen LogP contribution in [0, 0.1) is 5.92 Å². The average molecular weight is 290 g/mol. The van der Waals surface area contributed by atoms with E-state index >= 15 is 0 Å². The summed E-state index contributed by atoms with van der Waals surface area (Å²) in [5.41, 5.74) is 1.23. The average Bonchev–Trinajstić information content (AvgIpc) is 3.15. The summed E-state index contributed by atoms with van der Waals surface area (Å²) >= 11 is 2.15. The zero-order valence-electron chi connectivity index (χ0n) is 11.8. The van der Waals surface area contributed by atoms with E-state index in [2.05, 4.69) is 21.6 Å². The maximum absolute atomic E-state index is 6.08. The van der Waals surface area contributed by atoms with Gasteiger partial charge in [-0.2, -0.15) is 0 Å². The molecule has 3 heterocycles. The lowest BCUT2D eigenvalue weighted by atomic mass is 9.92. The van der Waals surface area contributed by atoms with Crippen LogP contribution in [0.2, 0.25) is 0 Å². The van der Waals surface area contributed by atoms with Crippen LogP contribution < -0.4 is 0 Å². The van der Waals surface area contributed by atoms with Crippen molar-refractivity contribution in [1.82, 2.24) is 9.88 Å². The van der Waals surface area contributed by atoms with Crippen LogP contribution in [-0.2, 0) is 11.3 Å². The summed E-state index contributed by atoms with van der Waals surface area (Å²) in [6.07, 6.45) is 8.29. The van der Waals surface area contributed by atoms with Gasteiger partial charge in [0.1, 0.15) is 0 Å². The Morgan fingerprint density at radius 1 is 1.30 bits per heavy atom. The second-order valence-corrected chi connectivity index (χ2v) is 8.09. The molecular weight excluding hydrogens is 268 g/mol. The van der Waals surface area contributed by atoms with Crippen molar-refractivity contribution in [2.45, 2.75) is 36.7 Å². The lowest BCUT2D eigenvalue weighted by molar-refractivity contribution is 0.0272. The molecule has 1 aliphatic carbocycles. The quantitative estimate of drug-likeness (QED) is 0.832. The van der Waals surface area contributed by atoms with Gasteiger partial charge in [-0.15, -0.1) is 11.8 Å². The SMILES string of the molecule is c1cc(COC2CSC3(C2)CN(CC2CC2)C3)ccn1. The normalized spacial score (nSPS) is 28.7. The van der Waals surface area contributed by atoms with E-state index in [4.69, 9.17) is 4.74 Å². The zero-order valence-corrected chi connectivity index (χ0v) is 12.6. The van der Waals surface area contributed by atoms with Crippen molar-refractivity contribution in [2.24, 2.45) is 5.92 Å². The molecule has 0 aromatic carbocycles. The summed E-state index contributed by atoms with van der Waals surface area (Å²) in [4.78, 5) is 6.69. The number of pyridine rings is 1. The van der Waals surface area contributed by atoms with Gasteiger partial charge in [-0.3, -0.25) is 4.98 Å². The number of hydrogen-bond acceptors (Lipinski definition) is 4. The van der Waals surface area contributed by atoms with Crippen LogP contribution >= 0.6 is 11.8 Å². The van der Waals surface area contributed by atoms with Crippen LogP contribution in [0.15, 0.2) is 24.5 Å². The molecule has 0 radical (unpaired) electrons. The highest BCUT2D eigenvalue weighted by atomic mass is 32.2. The molecule has 1 atom stereocenters. The number of nitrogens with zero attached hydrogens (tertiary/aromatic N) is 2. The van der Waals surface area contributed by atoms with E-state index in [1.165, 1.54) is 50.2 Å². The monoisotopic (exact) mass is 290 g/mol. The van der Waals surface area contributed by atoms with Gasteiger partial charge >= 0.3 is 0 Å². The predicted octanol–water partition coefficient (Wildman–Crippen LogP) is 2.57. The summed E-state index contributed by atoms with van der Waals surface area (Å²) in [6, 6.07) is 4.08. The molecule has 2 aliphatic heterocycles. The van der Waals surface area contributed by atoms with Gasteiger partial charge < -0.3 is 9.64 Å². The number of hydrogen-bond donors (Lipinski definition) is 0. The Morgan fingerprint density at radius 2 is 2.10 bits per heavy atom. The standard InChI is InChI=1S/C16H22N2OS/c1-2-13(1)8-18-11-16(12-18)7-15(10-20-16)19-9-14-3-5-17-6-4-14/h3-6,13,15H,1-2,7-12H2. The molecule has 4 rings (SSSR count). The van der Waals surface area contributed by atoms with Crippen molar-refractivity contribution >= 4 is 11.8 Å². The van der Waals surface area contributed by atoms with E-state index in [0.717, 1.165) is 12.5 Å².